The molecule has 0 aliphatic carbocycles. The summed E-state index contributed by atoms with van der Waals surface area (Å²) in [5, 5.41) is 12.5. The third-order valence-electron chi connectivity index (χ3n) is 4.26. The summed E-state index contributed by atoms with van der Waals surface area (Å²) < 4.78 is 0. The van der Waals surface area contributed by atoms with Gasteiger partial charge in [0.25, 0.3) is 0 Å². The SMILES string of the molecule is CCC(CNC(=O)Cc1ccc(C)nc1)(C(=O)O)c1ccccc1. The molecule has 0 radical (unpaired) electrons. The Morgan fingerprint density at radius 3 is 2.42 bits per heavy atom. The molecule has 1 heterocycles. The average Bonchev–Trinajstić information content (AvgIpc) is 2.58. The van der Waals surface area contributed by atoms with E-state index in [9.17, 15) is 14.7 Å². The summed E-state index contributed by atoms with van der Waals surface area (Å²) in [6, 6.07) is 12.7. The van der Waals surface area contributed by atoms with Gasteiger partial charge in [0.05, 0.1) is 6.42 Å². The summed E-state index contributed by atoms with van der Waals surface area (Å²) in [5.41, 5.74) is 1.26. The Labute approximate surface area is 141 Å². The van der Waals surface area contributed by atoms with Gasteiger partial charge in [-0.05, 0) is 30.5 Å². The number of hydrogen-bond acceptors (Lipinski definition) is 3. The molecule has 2 aromatic rings. The van der Waals surface area contributed by atoms with Gasteiger partial charge >= 0.3 is 5.97 Å². The lowest BCUT2D eigenvalue weighted by Crippen LogP contribution is -2.46. The number of pyridine rings is 1. The molecule has 0 bridgehead atoms. The molecule has 0 saturated carbocycles. The third kappa shape index (κ3) is 3.98. The number of benzene rings is 1. The summed E-state index contributed by atoms with van der Waals surface area (Å²) in [6.07, 6.45) is 2.23. The number of rotatable bonds is 7. The Balaban J connectivity index is 2.09. The molecule has 5 nitrogen and oxygen atoms in total. The number of aromatic nitrogens is 1. The highest BCUT2D eigenvalue weighted by Crippen LogP contribution is 2.27. The minimum absolute atomic E-state index is 0.0565. The van der Waals surface area contributed by atoms with Gasteiger partial charge in [-0.3, -0.25) is 14.6 Å². The first-order valence-corrected chi connectivity index (χ1v) is 7.95. The summed E-state index contributed by atoms with van der Waals surface area (Å²) >= 11 is 0. The summed E-state index contributed by atoms with van der Waals surface area (Å²) in [6.45, 7) is 3.75. The highest BCUT2D eigenvalue weighted by Gasteiger charge is 2.38. The van der Waals surface area contributed by atoms with E-state index in [1.807, 2.05) is 44.2 Å². The van der Waals surface area contributed by atoms with E-state index < -0.39 is 11.4 Å². The van der Waals surface area contributed by atoms with Crippen LogP contribution in [0.4, 0.5) is 0 Å². The zero-order chi connectivity index (χ0) is 17.6. The van der Waals surface area contributed by atoms with E-state index in [1.165, 1.54) is 0 Å². The Morgan fingerprint density at radius 1 is 1.17 bits per heavy atom. The lowest BCUT2D eigenvalue weighted by Gasteiger charge is -2.29. The molecule has 24 heavy (non-hydrogen) atoms. The van der Waals surface area contributed by atoms with Crippen molar-refractivity contribution in [2.75, 3.05) is 6.54 Å². The van der Waals surface area contributed by atoms with Gasteiger partial charge in [-0.15, -0.1) is 0 Å². The first-order valence-electron chi connectivity index (χ1n) is 7.95. The predicted molar refractivity (Wildman–Crippen MR) is 91.7 cm³/mol. The number of carbonyl (C=O) groups is 2. The molecule has 0 aliphatic rings. The molecule has 5 heteroatoms. The first kappa shape index (κ1) is 17.7. The fraction of sp³-hybridized carbons (Fsp3) is 0.316. The standard InChI is InChI=1S/C19H22N2O3/c1-3-19(18(23)24,16-7-5-4-6-8-16)13-21-17(22)11-15-10-9-14(2)20-12-15/h4-10,12H,3,11,13H2,1-2H3,(H,21,22)(H,23,24). The van der Waals surface area contributed by atoms with E-state index in [1.54, 1.807) is 18.3 Å². The highest BCUT2D eigenvalue weighted by atomic mass is 16.4. The van der Waals surface area contributed by atoms with Gasteiger partial charge in [-0.1, -0.05) is 43.3 Å². The fourth-order valence-electron chi connectivity index (χ4n) is 2.64. The minimum Gasteiger partial charge on any atom is -0.481 e. The van der Waals surface area contributed by atoms with Crippen LogP contribution in [0, 0.1) is 6.92 Å². The first-order chi connectivity index (χ1) is 11.5. The van der Waals surface area contributed by atoms with Crippen LogP contribution in [-0.2, 0) is 21.4 Å². The van der Waals surface area contributed by atoms with Crippen molar-refractivity contribution in [3.63, 3.8) is 0 Å². The van der Waals surface area contributed by atoms with Crippen LogP contribution < -0.4 is 5.32 Å². The molecule has 0 aliphatic heterocycles. The number of carbonyl (C=O) groups excluding carboxylic acids is 1. The van der Waals surface area contributed by atoms with Gasteiger partial charge in [-0.25, -0.2) is 0 Å². The smallest absolute Gasteiger partial charge is 0.315 e. The maximum absolute atomic E-state index is 12.2. The number of amides is 1. The monoisotopic (exact) mass is 326 g/mol. The quantitative estimate of drug-likeness (QED) is 0.819. The van der Waals surface area contributed by atoms with Crippen molar-refractivity contribution >= 4 is 11.9 Å². The van der Waals surface area contributed by atoms with E-state index >= 15 is 0 Å². The van der Waals surface area contributed by atoms with Gasteiger partial charge in [0.15, 0.2) is 0 Å². The topological polar surface area (TPSA) is 79.3 Å². The van der Waals surface area contributed by atoms with Crippen molar-refractivity contribution in [1.82, 2.24) is 10.3 Å². The van der Waals surface area contributed by atoms with Crippen LogP contribution in [0.25, 0.3) is 0 Å². The lowest BCUT2D eigenvalue weighted by molar-refractivity contribution is -0.144. The second-order valence-corrected chi connectivity index (χ2v) is 5.87. The van der Waals surface area contributed by atoms with Gasteiger partial charge < -0.3 is 10.4 Å². The molecule has 0 saturated heterocycles. The van der Waals surface area contributed by atoms with Crippen LogP contribution >= 0.6 is 0 Å². The number of hydrogen-bond donors (Lipinski definition) is 2. The van der Waals surface area contributed by atoms with Crippen LogP contribution in [-0.4, -0.2) is 28.5 Å². The van der Waals surface area contributed by atoms with E-state index in [-0.39, 0.29) is 18.9 Å². The van der Waals surface area contributed by atoms with Crippen LogP contribution in [0.5, 0.6) is 0 Å². The number of nitrogens with one attached hydrogen (secondary N) is 1. The molecule has 126 valence electrons. The predicted octanol–water partition coefficient (Wildman–Crippen LogP) is 2.48. The molecule has 0 fully saturated rings. The van der Waals surface area contributed by atoms with Gasteiger partial charge in [0.2, 0.25) is 5.91 Å². The zero-order valence-electron chi connectivity index (χ0n) is 14.0. The van der Waals surface area contributed by atoms with Crippen LogP contribution in [0.3, 0.4) is 0 Å². The zero-order valence-corrected chi connectivity index (χ0v) is 14.0. The summed E-state index contributed by atoms with van der Waals surface area (Å²) in [7, 11) is 0. The fourth-order valence-corrected chi connectivity index (χ4v) is 2.64. The Bertz CT molecular complexity index is 698. The number of aliphatic carboxylic acids is 1. The van der Waals surface area contributed by atoms with Crippen LogP contribution in [0.2, 0.25) is 0 Å². The van der Waals surface area contributed by atoms with Crippen LogP contribution in [0.15, 0.2) is 48.7 Å². The number of carboxylic acid groups (broad SMARTS) is 1. The molecule has 0 spiro atoms. The van der Waals surface area contributed by atoms with Crippen molar-refractivity contribution < 1.29 is 14.7 Å². The van der Waals surface area contributed by atoms with Crippen molar-refractivity contribution in [3.8, 4) is 0 Å². The molecule has 2 N–H and O–H groups in total. The van der Waals surface area contributed by atoms with Gasteiger partial charge in [0.1, 0.15) is 5.41 Å². The molecule has 1 amide bonds. The van der Waals surface area contributed by atoms with Crippen molar-refractivity contribution in [2.24, 2.45) is 0 Å². The van der Waals surface area contributed by atoms with Gasteiger partial charge in [-0.2, -0.15) is 0 Å². The maximum Gasteiger partial charge on any atom is 0.315 e. The highest BCUT2D eigenvalue weighted by molar-refractivity contribution is 5.84. The second kappa shape index (κ2) is 7.73. The third-order valence-corrected chi connectivity index (χ3v) is 4.26. The largest absolute Gasteiger partial charge is 0.481 e. The number of aryl methyl sites for hydroxylation is 1. The Kier molecular flexibility index (Phi) is 5.68. The Morgan fingerprint density at radius 2 is 1.88 bits per heavy atom. The van der Waals surface area contributed by atoms with E-state index in [0.717, 1.165) is 11.3 Å². The molecule has 1 aromatic heterocycles. The normalized spacial score (nSPS) is 13.1. The molecule has 1 unspecified atom stereocenters. The molecular formula is C19H22N2O3. The summed E-state index contributed by atoms with van der Waals surface area (Å²) in [4.78, 5) is 28.2. The maximum atomic E-state index is 12.2. The van der Waals surface area contributed by atoms with E-state index in [4.69, 9.17) is 0 Å². The van der Waals surface area contributed by atoms with Gasteiger partial charge in [0, 0.05) is 18.4 Å². The molecule has 1 atom stereocenters. The number of carboxylic acids is 1. The second-order valence-electron chi connectivity index (χ2n) is 5.87. The Hall–Kier alpha value is -2.69. The average molecular weight is 326 g/mol. The molecular weight excluding hydrogens is 304 g/mol. The van der Waals surface area contributed by atoms with Crippen molar-refractivity contribution in [3.05, 3.63) is 65.5 Å². The lowest BCUT2D eigenvalue weighted by atomic mass is 9.78. The molecule has 2 rings (SSSR count). The van der Waals surface area contributed by atoms with Crippen molar-refractivity contribution in [2.45, 2.75) is 32.1 Å². The summed E-state index contributed by atoms with van der Waals surface area (Å²) in [5.74, 6) is -1.15. The minimum atomic E-state index is -1.12. The van der Waals surface area contributed by atoms with Crippen molar-refractivity contribution in [1.29, 1.82) is 0 Å². The molecule has 1 aromatic carbocycles. The number of nitrogens with zero attached hydrogens (tertiary/aromatic N) is 1. The van der Waals surface area contributed by atoms with E-state index in [2.05, 4.69) is 10.3 Å². The van der Waals surface area contributed by atoms with E-state index in [0.29, 0.717) is 12.0 Å². The van der Waals surface area contributed by atoms with Crippen LogP contribution in [0.1, 0.15) is 30.2 Å².